The van der Waals surface area contributed by atoms with Crippen molar-refractivity contribution in [3.63, 3.8) is 0 Å². The zero-order valence-corrected chi connectivity index (χ0v) is 25.0. The third kappa shape index (κ3) is 8.75. The molecule has 0 heterocycles. The summed E-state index contributed by atoms with van der Waals surface area (Å²) in [4.78, 5) is 28.5. The number of methoxy groups -OCH3 is 1. The van der Waals surface area contributed by atoms with Gasteiger partial charge in [0.2, 0.25) is 21.8 Å². The van der Waals surface area contributed by atoms with E-state index in [1.165, 1.54) is 11.4 Å². The van der Waals surface area contributed by atoms with Gasteiger partial charge in [0.1, 0.15) is 11.8 Å². The summed E-state index contributed by atoms with van der Waals surface area (Å²) in [5.74, 6) is 0.202. The van der Waals surface area contributed by atoms with E-state index in [4.69, 9.17) is 27.9 Å². The molecule has 2 aromatic carbocycles. The Morgan fingerprint density at radius 3 is 2.31 bits per heavy atom. The van der Waals surface area contributed by atoms with Crippen LogP contribution in [-0.2, 0) is 26.2 Å². The van der Waals surface area contributed by atoms with Gasteiger partial charge in [0.05, 0.1) is 29.1 Å². The van der Waals surface area contributed by atoms with Crippen molar-refractivity contribution in [3.05, 3.63) is 58.1 Å². The van der Waals surface area contributed by atoms with Crippen LogP contribution in [0.1, 0.15) is 57.4 Å². The molecule has 0 bridgehead atoms. The van der Waals surface area contributed by atoms with Crippen molar-refractivity contribution in [2.75, 3.05) is 24.2 Å². The first-order valence-electron chi connectivity index (χ1n) is 13.2. The quantitative estimate of drug-likeness (QED) is 0.333. The highest BCUT2D eigenvalue weighted by Crippen LogP contribution is 2.26. The fraction of sp³-hybridized carbons (Fsp3) is 0.500. The number of carbonyl (C=O) groups excluding carboxylic acids is 2. The zero-order chi connectivity index (χ0) is 28.6. The lowest BCUT2D eigenvalue weighted by atomic mass is 10.1. The minimum atomic E-state index is -3.58. The molecule has 214 valence electrons. The largest absolute Gasteiger partial charge is 0.497 e. The standard InChI is InChI=1S/C28H37Cl2N3O5S/c1-4-26(28(35)31-21-8-5-6-9-21)32(19-20-11-16-24(29)25(30)18-20)27(34)10-7-17-33(39(3,36)37)22-12-14-23(38-2)15-13-22/h11-16,18,21,26H,4-10,17,19H2,1-3H3,(H,31,35). The van der Waals surface area contributed by atoms with E-state index in [0.29, 0.717) is 27.9 Å². The number of sulfonamides is 1. The summed E-state index contributed by atoms with van der Waals surface area (Å²) in [6.07, 6.45) is 5.96. The molecule has 1 atom stereocenters. The van der Waals surface area contributed by atoms with Crippen LogP contribution in [0, 0.1) is 0 Å². The van der Waals surface area contributed by atoms with Gasteiger partial charge >= 0.3 is 0 Å². The topological polar surface area (TPSA) is 96.0 Å². The van der Waals surface area contributed by atoms with Crippen LogP contribution in [0.4, 0.5) is 5.69 Å². The number of halogens is 2. The van der Waals surface area contributed by atoms with E-state index in [1.807, 2.05) is 6.92 Å². The molecule has 39 heavy (non-hydrogen) atoms. The lowest BCUT2D eigenvalue weighted by Crippen LogP contribution is -2.51. The van der Waals surface area contributed by atoms with E-state index in [1.54, 1.807) is 47.4 Å². The Bertz CT molecular complexity index is 1230. The normalized spacial score (nSPS) is 14.6. The van der Waals surface area contributed by atoms with Crippen molar-refractivity contribution in [2.45, 2.75) is 70.5 Å². The predicted molar refractivity (Wildman–Crippen MR) is 156 cm³/mol. The highest BCUT2D eigenvalue weighted by molar-refractivity contribution is 7.92. The molecule has 1 N–H and O–H groups in total. The lowest BCUT2D eigenvalue weighted by Gasteiger charge is -2.32. The van der Waals surface area contributed by atoms with Crippen molar-refractivity contribution >= 4 is 50.7 Å². The number of nitrogens with zero attached hydrogens (tertiary/aromatic N) is 2. The molecule has 2 aromatic rings. The number of anilines is 1. The Hall–Kier alpha value is -2.49. The Morgan fingerprint density at radius 1 is 1.08 bits per heavy atom. The van der Waals surface area contributed by atoms with E-state index in [9.17, 15) is 18.0 Å². The predicted octanol–water partition coefficient (Wildman–Crippen LogP) is 5.41. The summed E-state index contributed by atoms with van der Waals surface area (Å²) < 4.78 is 31.5. The molecule has 0 aliphatic heterocycles. The molecule has 1 aliphatic carbocycles. The second kappa shape index (κ2) is 14.2. The fourth-order valence-corrected chi connectivity index (χ4v) is 6.16. The summed E-state index contributed by atoms with van der Waals surface area (Å²) in [7, 11) is -2.05. The fourth-order valence-electron chi connectivity index (χ4n) is 4.87. The van der Waals surface area contributed by atoms with Crippen LogP contribution in [-0.4, -0.2) is 57.1 Å². The molecule has 1 unspecified atom stereocenters. The van der Waals surface area contributed by atoms with Crippen LogP contribution < -0.4 is 14.4 Å². The molecule has 1 aliphatic rings. The number of amides is 2. The molecule has 1 fully saturated rings. The molecule has 8 nitrogen and oxygen atoms in total. The number of rotatable bonds is 13. The molecule has 0 spiro atoms. The van der Waals surface area contributed by atoms with Gasteiger partial charge in [0, 0.05) is 25.6 Å². The number of hydrogen-bond acceptors (Lipinski definition) is 5. The van der Waals surface area contributed by atoms with Crippen LogP contribution in [0.3, 0.4) is 0 Å². The molecule has 0 saturated heterocycles. The van der Waals surface area contributed by atoms with Crippen molar-refractivity contribution < 1.29 is 22.7 Å². The molecular weight excluding hydrogens is 561 g/mol. The van der Waals surface area contributed by atoms with E-state index < -0.39 is 16.1 Å². The summed E-state index contributed by atoms with van der Waals surface area (Å²) in [5.41, 5.74) is 1.24. The first-order valence-corrected chi connectivity index (χ1v) is 15.8. The van der Waals surface area contributed by atoms with Crippen molar-refractivity contribution in [1.82, 2.24) is 10.2 Å². The average molecular weight is 599 g/mol. The summed E-state index contributed by atoms with van der Waals surface area (Å²) in [6, 6.07) is 11.3. The van der Waals surface area contributed by atoms with Gasteiger partial charge in [-0.05, 0) is 67.6 Å². The highest BCUT2D eigenvalue weighted by Gasteiger charge is 2.31. The van der Waals surface area contributed by atoms with Crippen LogP contribution in [0.15, 0.2) is 42.5 Å². The third-order valence-electron chi connectivity index (χ3n) is 6.94. The van der Waals surface area contributed by atoms with E-state index in [0.717, 1.165) is 37.5 Å². The maximum atomic E-state index is 13.6. The number of ether oxygens (including phenoxy) is 1. The van der Waals surface area contributed by atoms with E-state index in [2.05, 4.69) is 5.32 Å². The number of hydrogen-bond donors (Lipinski definition) is 1. The second-order valence-corrected chi connectivity index (χ2v) is 12.5. The Morgan fingerprint density at radius 2 is 1.74 bits per heavy atom. The monoisotopic (exact) mass is 597 g/mol. The van der Waals surface area contributed by atoms with Gasteiger partial charge in [-0.15, -0.1) is 0 Å². The van der Waals surface area contributed by atoms with Crippen LogP contribution in [0.2, 0.25) is 10.0 Å². The zero-order valence-electron chi connectivity index (χ0n) is 22.7. The summed E-state index contributed by atoms with van der Waals surface area (Å²) >= 11 is 12.3. The third-order valence-corrected chi connectivity index (χ3v) is 8.87. The van der Waals surface area contributed by atoms with Gasteiger partial charge in [0.15, 0.2) is 0 Å². The number of nitrogens with one attached hydrogen (secondary N) is 1. The van der Waals surface area contributed by atoms with E-state index >= 15 is 0 Å². The Kier molecular flexibility index (Phi) is 11.3. The van der Waals surface area contributed by atoms with Gasteiger partial charge in [-0.25, -0.2) is 8.42 Å². The van der Waals surface area contributed by atoms with Crippen molar-refractivity contribution in [3.8, 4) is 5.75 Å². The molecule has 11 heteroatoms. The molecule has 0 aromatic heterocycles. The van der Waals surface area contributed by atoms with Crippen LogP contribution in [0.5, 0.6) is 5.75 Å². The molecule has 1 saturated carbocycles. The van der Waals surface area contributed by atoms with Gasteiger partial charge < -0.3 is 15.0 Å². The molecule has 0 radical (unpaired) electrons. The second-order valence-electron chi connectivity index (χ2n) is 9.82. The number of carbonyl (C=O) groups is 2. The minimum absolute atomic E-state index is 0.0662. The van der Waals surface area contributed by atoms with Gasteiger partial charge in [-0.3, -0.25) is 13.9 Å². The molecule has 3 rings (SSSR count). The van der Waals surface area contributed by atoms with Gasteiger partial charge in [0.25, 0.3) is 0 Å². The van der Waals surface area contributed by atoms with Gasteiger partial charge in [-0.1, -0.05) is 49.0 Å². The molecular formula is C28H37Cl2N3O5S. The molecule has 2 amide bonds. The summed E-state index contributed by atoms with van der Waals surface area (Å²) in [6.45, 7) is 2.17. The first kappa shape index (κ1) is 31.0. The van der Waals surface area contributed by atoms with Crippen LogP contribution >= 0.6 is 23.2 Å². The Labute approximate surface area is 241 Å². The van der Waals surface area contributed by atoms with Crippen molar-refractivity contribution in [2.24, 2.45) is 0 Å². The van der Waals surface area contributed by atoms with E-state index in [-0.39, 0.29) is 43.8 Å². The highest BCUT2D eigenvalue weighted by atomic mass is 35.5. The van der Waals surface area contributed by atoms with Crippen LogP contribution in [0.25, 0.3) is 0 Å². The Balaban J connectivity index is 1.77. The van der Waals surface area contributed by atoms with Gasteiger partial charge in [-0.2, -0.15) is 0 Å². The maximum Gasteiger partial charge on any atom is 0.243 e. The maximum absolute atomic E-state index is 13.6. The number of benzene rings is 2. The lowest BCUT2D eigenvalue weighted by molar-refractivity contribution is -0.141. The minimum Gasteiger partial charge on any atom is -0.497 e. The summed E-state index contributed by atoms with van der Waals surface area (Å²) in [5, 5.41) is 3.89. The first-order chi connectivity index (χ1) is 18.5. The van der Waals surface area contributed by atoms with Crippen molar-refractivity contribution in [1.29, 1.82) is 0 Å². The average Bonchev–Trinajstić information content (AvgIpc) is 3.41. The SMILES string of the molecule is CCC(C(=O)NC1CCCC1)N(Cc1ccc(Cl)c(Cl)c1)C(=O)CCCN(c1ccc(OC)cc1)S(C)(=O)=O. The smallest absolute Gasteiger partial charge is 0.243 e.